The number of halogens is 1. The summed E-state index contributed by atoms with van der Waals surface area (Å²) in [5.74, 6) is 0.551. The Kier molecular flexibility index (Phi) is 2.09. The van der Waals surface area contributed by atoms with Crippen LogP contribution in [0.5, 0.6) is 5.75 Å². The van der Waals surface area contributed by atoms with E-state index in [2.05, 4.69) is 15.9 Å². The molecular weight excluding hydrogens is 234 g/mol. The van der Waals surface area contributed by atoms with E-state index in [1.54, 1.807) is 12.1 Å². The van der Waals surface area contributed by atoms with Crippen molar-refractivity contribution in [3.8, 4) is 5.75 Å². The molecule has 68 valence electrons. The van der Waals surface area contributed by atoms with Gasteiger partial charge in [0.2, 0.25) is 0 Å². The van der Waals surface area contributed by atoms with Crippen LogP contribution in [0, 0.1) is 0 Å². The zero-order valence-electron chi connectivity index (χ0n) is 6.79. The molecule has 0 spiro atoms. The molecule has 2 rings (SSSR count). The molecule has 0 saturated heterocycles. The lowest BCUT2D eigenvalue weighted by molar-refractivity contribution is 0.0898. The molecule has 1 unspecified atom stereocenters. The van der Waals surface area contributed by atoms with Crippen LogP contribution in [0.2, 0.25) is 0 Å². The molecule has 0 aromatic heterocycles. The maximum absolute atomic E-state index is 11.6. The van der Waals surface area contributed by atoms with E-state index >= 15 is 0 Å². The van der Waals surface area contributed by atoms with Gasteiger partial charge in [-0.2, -0.15) is 0 Å². The molecule has 13 heavy (non-hydrogen) atoms. The monoisotopic (exact) mass is 241 g/mol. The van der Waals surface area contributed by atoms with Crippen molar-refractivity contribution in [2.45, 2.75) is 6.04 Å². The Hall–Kier alpha value is -0.870. The molecule has 0 aliphatic carbocycles. The Labute approximate surface area is 84.0 Å². The maximum Gasteiger partial charge on any atom is 0.187 e. The van der Waals surface area contributed by atoms with Crippen LogP contribution in [-0.2, 0) is 0 Å². The number of nitrogens with two attached hydrogens (primary N) is 1. The molecule has 0 fully saturated rings. The first-order chi connectivity index (χ1) is 6.20. The number of ether oxygens (including phenoxy) is 1. The van der Waals surface area contributed by atoms with Crippen LogP contribution in [-0.4, -0.2) is 18.4 Å². The zero-order chi connectivity index (χ0) is 9.42. The highest BCUT2D eigenvalue weighted by Gasteiger charge is 2.27. The first-order valence-electron chi connectivity index (χ1n) is 3.91. The fraction of sp³-hybridized carbons (Fsp3) is 0.222. The number of ketones is 1. The molecule has 0 bridgehead atoms. The molecule has 1 aromatic carbocycles. The SMILES string of the molecule is NC1COc2cccc(Br)c2C1=O. The minimum atomic E-state index is -0.536. The highest BCUT2D eigenvalue weighted by Crippen LogP contribution is 2.30. The van der Waals surface area contributed by atoms with Crippen molar-refractivity contribution in [2.24, 2.45) is 5.73 Å². The summed E-state index contributed by atoms with van der Waals surface area (Å²) in [4.78, 5) is 11.6. The average Bonchev–Trinajstić information content (AvgIpc) is 2.12. The van der Waals surface area contributed by atoms with E-state index < -0.39 is 6.04 Å². The van der Waals surface area contributed by atoms with Crippen molar-refractivity contribution < 1.29 is 9.53 Å². The third kappa shape index (κ3) is 1.36. The Morgan fingerprint density at radius 2 is 2.31 bits per heavy atom. The van der Waals surface area contributed by atoms with E-state index in [-0.39, 0.29) is 12.4 Å². The summed E-state index contributed by atoms with van der Waals surface area (Å²) in [6.07, 6.45) is 0. The predicted octanol–water partition coefficient (Wildman–Crippen LogP) is 1.35. The van der Waals surface area contributed by atoms with E-state index in [0.717, 1.165) is 4.47 Å². The molecule has 2 N–H and O–H groups in total. The minimum Gasteiger partial charge on any atom is -0.491 e. The first-order valence-corrected chi connectivity index (χ1v) is 4.70. The number of carbonyl (C=O) groups is 1. The minimum absolute atomic E-state index is 0.0614. The number of rotatable bonds is 0. The number of benzene rings is 1. The van der Waals surface area contributed by atoms with Crippen molar-refractivity contribution >= 4 is 21.7 Å². The zero-order valence-corrected chi connectivity index (χ0v) is 8.37. The number of hydrogen-bond donors (Lipinski definition) is 1. The van der Waals surface area contributed by atoms with Gasteiger partial charge in [0.15, 0.2) is 5.78 Å². The van der Waals surface area contributed by atoms with Gasteiger partial charge in [0.05, 0.1) is 5.56 Å². The molecule has 0 radical (unpaired) electrons. The third-order valence-electron chi connectivity index (χ3n) is 1.98. The summed E-state index contributed by atoms with van der Waals surface area (Å²) >= 11 is 3.29. The van der Waals surface area contributed by atoms with Gasteiger partial charge < -0.3 is 10.5 Å². The Balaban J connectivity index is 2.57. The number of hydrogen-bond acceptors (Lipinski definition) is 3. The van der Waals surface area contributed by atoms with E-state index in [1.807, 2.05) is 6.07 Å². The number of Topliss-reactive ketones (excluding diaryl/α,β-unsaturated/α-hetero) is 1. The molecule has 1 heterocycles. The fourth-order valence-corrected chi connectivity index (χ4v) is 1.85. The Morgan fingerprint density at radius 3 is 3.08 bits per heavy atom. The lowest BCUT2D eigenvalue weighted by atomic mass is 10.0. The quantitative estimate of drug-likeness (QED) is 0.747. The molecule has 1 aromatic rings. The first kappa shape index (κ1) is 8.72. The van der Waals surface area contributed by atoms with Gasteiger partial charge in [0.1, 0.15) is 18.4 Å². The molecule has 4 heteroatoms. The van der Waals surface area contributed by atoms with Gasteiger partial charge in [0, 0.05) is 4.47 Å². The van der Waals surface area contributed by atoms with Crippen LogP contribution in [0.1, 0.15) is 10.4 Å². The van der Waals surface area contributed by atoms with Crippen molar-refractivity contribution in [3.05, 3.63) is 28.2 Å². The van der Waals surface area contributed by atoms with Gasteiger partial charge in [-0.1, -0.05) is 6.07 Å². The molecule has 3 nitrogen and oxygen atoms in total. The Morgan fingerprint density at radius 1 is 1.54 bits per heavy atom. The topological polar surface area (TPSA) is 52.3 Å². The van der Waals surface area contributed by atoms with Crippen molar-refractivity contribution in [1.82, 2.24) is 0 Å². The second kappa shape index (κ2) is 3.12. The smallest absolute Gasteiger partial charge is 0.187 e. The lowest BCUT2D eigenvalue weighted by Crippen LogP contribution is -2.40. The second-order valence-electron chi connectivity index (χ2n) is 2.89. The summed E-state index contributed by atoms with van der Waals surface area (Å²) in [6.45, 7) is 0.266. The summed E-state index contributed by atoms with van der Waals surface area (Å²) < 4.78 is 6.05. The highest BCUT2D eigenvalue weighted by molar-refractivity contribution is 9.10. The van der Waals surface area contributed by atoms with Gasteiger partial charge in [0.25, 0.3) is 0 Å². The van der Waals surface area contributed by atoms with Gasteiger partial charge in [-0.25, -0.2) is 0 Å². The van der Waals surface area contributed by atoms with Gasteiger partial charge in [-0.15, -0.1) is 0 Å². The summed E-state index contributed by atoms with van der Waals surface area (Å²) in [6, 6.07) is 4.86. The van der Waals surface area contributed by atoms with E-state index in [4.69, 9.17) is 10.5 Å². The van der Waals surface area contributed by atoms with Gasteiger partial charge in [-0.05, 0) is 28.1 Å². The normalized spacial score (nSPS) is 20.8. The molecule has 1 aliphatic rings. The summed E-state index contributed by atoms with van der Waals surface area (Å²) in [5.41, 5.74) is 6.12. The van der Waals surface area contributed by atoms with Gasteiger partial charge >= 0.3 is 0 Å². The summed E-state index contributed by atoms with van der Waals surface area (Å²) in [5, 5.41) is 0. The molecule has 1 atom stereocenters. The standard InChI is InChI=1S/C9H8BrNO2/c10-5-2-1-3-7-8(5)9(12)6(11)4-13-7/h1-3,6H,4,11H2. The maximum atomic E-state index is 11.6. The Bertz CT molecular complexity index is 365. The van der Waals surface area contributed by atoms with Crippen LogP contribution in [0.15, 0.2) is 22.7 Å². The number of fused-ring (bicyclic) bond motifs is 1. The van der Waals surface area contributed by atoms with Crippen LogP contribution < -0.4 is 10.5 Å². The van der Waals surface area contributed by atoms with Crippen molar-refractivity contribution in [3.63, 3.8) is 0 Å². The largest absolute Gasteiger partial charge is 0.491 e. The molecule has 1 aliphatic heterocycles. The second-order valence-corrected chi connectivity index (χ2v) is 3.75. The van der Waals surface area contributed by atoms with Crippen molar-refractivity contribution in [1.29, 1.82) is 0 Å². The van der Waals surface area contributed by atoms with E-state index in [1.165, 1.54) is 0 Å². The number of carbonyl (C=O) groups excluding carboxylic acids is 1. The summed E-state index contributed by atoms with van der Waals surface area (Å²) in [7, 11) is 0. The molecule has 0 saturated carbocycles. The lowest BCUT2D eigenvalue weighted by Gasteiger charge is -2.21. The third-order valence-corrected chi connectivity index (χ3v) is 2.64. The average molecular weight is 242 g/mol. The van der Waals surface area contributed by atoms with E-state index in [0.29, 0.717) is 11.3 Å². The van der Waals surface area contributed by atoms with Gasteiger partial charge in [-0.3, -0.25) is 4.79 Å². The highest BCUT2D eigenvalue weighted by atomic mass is 79.9. The molecular formula is C9H8BrNO2. The fourth-order valence-electron chi connectivity index (χ4n) is 1.30. The molecule has 0 amide bonds. The van der Waals surface area contributed by atoms with Crippen LogP contribution in [0.3, 0.4) is 0 Å². The van der Waals surface area contributed by atoms with Crippen LogP contribution >= 0.6 is 15.9 Å². The van der Waals surface area contributed by atoms with Crippen LogP contribution in [0.4, 0.5) is 0 Å². The van der Waals surface area contributed by atoms with Crippen LogP contribution in [0.25, 0.3) is 0 Å². The van der Waals surface area contributed by atoms with E-state index in [9.17, 15) is 4.79 Å². The predicted molar refractivity (Wildman–Crippen MR) is 51.9 cm³/mol. The van der Waals surface area contributed by atoms with Crippen molar-refractivity contribution in [2.75, 3.05) is 6.61 Å².